The fraction of sp³-hybridized carbons (Fsp3) is 0.368. The average molecular weight is 419 g/mol. The van der Waals surface area contributed by atoms with Gasteiger partial charge in [0.1, 0.15) is 12.2 Å². The molecule has 0 unspecified atom stereocenters. The Bertz CT molecular complexity index is 1210. The van der Waals surface area contributed by atoms with E-state index in [-0.39, 0.29) is 6.61 Å². The van der Waals surface area contributed by atoms with Crippen LogP contribution in [0.25, 0.3) is 11.2 Å². The number of anilines is 2. The van der Waals surface area contributed by atoms with Crippen LogP contribution in [0, 0.1) is 0 Å². The summed E-state index contributed by atoms with van der Waals surface area (Å²) in [7, 11) is 1.57. The van der Waals surface area contributed by atoms with Crippen LogP contribution in [0.4, 0.5) is 11.6 Å². The Morgan fingerprint density at radius 3 is 2.69 bits per heavy atom. The number of halogens is 1. The first-order valence-electron chi connectivity index (χ1n) is 9.36. The number of hydrogen-bond donors (Lipinski definition) is 1. The van der Waals surface area contributed by atoms with Gasteiger partial charge in [0.15, 0.2) is 0 Å². The number of aromatic amines is 1. The van der Waals surface area contributed by atoms with Crippen molar-refractivity contribution in [1.29, 1.82) is 0 Å². The van der Waals surface area contributed by atoms with Gasteiger partial charge in [-0.1, -0.05) is 11.6 Å². The molecule has 10 heteroatoms. The van der Waals surface area contributed by atoms with E-state index in [2.05, 4.69) is 4.98 Å². The molecule has 1 aliphatic heterocycles. The van der Waals surface area contributed by atoms with Gasteiger partial charge in [0.05, 0.1) is 19.7 Å². The predicted molar refractivity (Wildman–Crippen MR) is 108 cm³/mol. The highest BCUT2D eigenvalue weighted by Crippen LogP contribution is 2.27. The monoisotopic (exact) mass is 418 g/mol. The summed E-state index contributed by atoms with van der Waals surface area (Å²) >= 11 is 6.00. The zero-order chi connectivity index (χ0) is 20.7. The number of hydrogen-bond acceptors (Lipinski definition) is 5. The molecule has 3 heterocycles. The van der Waals surface area contributed by atoms with E-state index < -0.39 is 23.8 Å². The summed E-state index contributed by atoms with van der Waals surface area (Å²) in [5, 5.41) is 0.638. The standard InChI is InChI=1S/C19H20ClN5O4/c1-3-29-14(26)11-25-17(27)15-16(22(2)19(25)28)21-18-23(9-4-10-24(15)18)13-7-5-12(20)6-8-13/h5-8H,3-4,9-11H2,1-2H3/p+1. The van der Waals surface area contributed by atoms with Crippen LogP contribution in [0.5, 0.6) is 0 Å². The summed E-state index contributed by atoms with van der Waals surface area (Å²) in [5.41, 5.74) is 0.594. The van der Waals surface area contributed by atoms with Crippen LogP contribution in [0.3, 0.4) is 0 Å². The zero-order valence-corrected chi connectivity index (χ0v) is 16.9. The van der Waals surface area contributed by atoms with E-state index in [0.29, 0.717) is 28.7 Å². The Balaban J connectivity index is 1.90. The van der Waals surface area contributed by atoms with Gasteiger partial charge in [-0.3, -0.25) is 14.2 Å². The lowest BCUT2D eigenvalue weighted by Gasteiger charge is -2.22. The lowest BCUT2D eigenvalue weighted by molar-refractivity contribution is -0.663. The van der Waals surface area contributed by atoms with Crippen molar-refractivity contribution in [1.82, 2.24) is 14.1 Å². The molecule has 0 atom stereocenters. The zero-order valence-electron chi connectivity index (χ0n) is 16.1. The van der Waals surface area contributed by atoms with Crippen LogP contribution >= 0.6 is 11.6 Å². The molecule has 1 N–H and O–H groups in total. The largest absolute Gasteiger partial charge is 0.465 e. The molecule has 2 aromatic heterocycles. The number of carbonyl (C=O) groups excluding carboxylic acids is 1. The second kappa shape index (κ2) is 7.40. The van der Waals surface area contributed by atoms with E-state index in [0.717, 1.165) is 23.2 Å². The van der Waals surface area contributed by atoms with Gasteiger partial charge < -0.3 is 4.74 Å². The van der Waals surface area contributed by atoms with Crippen LogP contribution < -0.4 is 20.7 Å². The Morgan fingerprint density at radius 2 is 2.00 bits per heavy atom. The van der Waals surface area contributed by atoms with Crippen molar-refractivity contribution in [3.8, 4) is 0 Å². The Labute approximate surface area is 170 Å². The van der Waals surface area contributed by atoms with Crippen LogP contribution in [0.1, 0.15) is 13.3 Å². The Kier molecular flexibility index (Phi) is 4.91. The molecule has 0 amide bonds. The number of nitrogens with one attached hydrogen (secondary N) is 1. The lowest BCUT2D eigenvalue weighted by atomic mass is 10.2. The van der Waals surface area contributed by atoms with Gasteiger partial charge in [-0.2, -0.15) is 0 Å². The van der Waals surface area contributed by atoms with E-state index in [1.165, 1.54) is 4.57 Å². The normalized spacial score (nSPS) is 13.6. The van der Waals surface area contributed by atoms with Crippen molar-refractivity contribution in [3.05, 3.63) is 50.1 Å². The number of benzene rings is 1. The van der Waals surface area contributed by atoms with Crippen molar-refractivity contribution < 1.29 is 14.1 Å². The second-order valence-electron chi connectivity index (χ2n) is 6.82. The molecule has 29 heavy (non-hydrogen) atoms. The maximum absolute atomic E-state index is 13.1. The smallest absolute Gasteiger partial charge is 0.364 e. The maximum Gasteiger partial charge on any atom is 0.364 e. The number of fused-ring (bicyclic) bond motifs is 3. The minimum absolute atomic E-state index is 0.181. The number of H-pyrrole nitrogens is 1. The molecule has 4 rings (SSSR count). The highest BCUT2D eigenvalue weighted by atomic mass is 35.5. The van der Waals surface area contributed by atoms with Crippen molar-refractivity contribution >= 4 is 40.4 Å². The summed E-state index contributed by atoms with van der Waals surface area (Å²) in [5.74, 6) is 0.0813. The van der Waals surface area contributed by atoms with Gasteiger partial charge in [0.25, 0.3) is 5.56 Å². The molecule has 0 saturated heterocycles. The number of ether oxygens (including phenoxy) is 1. The molecule has 152 valence electrons. The molecular weight excluding hydrogens is 398 g/mol. The topological polar surface area (TPSA) is 93.2 Å². The SMILES string of the molecule is CCOC(=O)Cn1c(=O)c2c([nH]c3[n+]2CCCN3c2ccc(Cl)cc2)n(C)c1=O. The third-order valence-electron chi connectivity index (χ3n) is 5.03. The van der Waals surface area contributed by atoms with E-state index in [9.17, 15) is 14.4 Å². The lowest BCUT2D eigenvalue weighted by Crippen LogP contribution is -2.50. The fourth-order valence-electron chi connectivity index (χ4n) is 3.69. The van der Waals surface area contributed by atoms with Crippen LogP contribution in [-0.4, -0.2) is 33.2 Å². The van der Waals surface area contributed by atoms with Gasteiger partial charge in [-0.05, 0) is 31.2 Å². The maximum atomic E-state index is 13.1. The number of aromatic nitrogens is 4. The van der Waals surface area contributed by atoms with E-state index in [4.69, 9.17) is 16.3 Å². The van der Waals surface area contributed by atoms with Gasteiger partial charge >= 0.3 is 17.6 Å². The predicted octanol–water partition coefficient (Wildman–Crippen LogP) is 1.07. The van der Waals surface area contributed by atoms with Crippen LogP contribution in [0.15, 0.2) is 33.9 Å². The summed E-state index contributed by atoms with van der Waals surface area (Å²) < 4.78 is 9.03. The Hall–Kier alpha value is -3.07. The van der Waals surface area contributed by atoms with E-state index in [1.54, 1.807) is 26.1 Å². The quantitative estimate of drug-likeness (QED) is 0.505. The summed E-state index contributed by atoms with van der Waals surface area (Å²) in [6, 6.07) is 7.42. The van der Waals surface area contributed by atoms with Gasteiger partial charge in [-0.15, -0.1) is 0 Å². The molecule has 0 aliphatic carbocycles. The molecule has 0 saturated carbocycles. The van der Waals surface area contributed by atoms with Crippen LogP contribution in [-0.2, 0) is 29.7 Å². The first kappa shape index (κ1) is 19.3. The molecule has 0 bridgehead atoms. The third kappa shape index (κ3) is 3.21. The Morgan fingerprint density at radius 1 is 1.28 bits per heavy atom. The summed E-state index contributed by atoms with van der Waals surface area (Å²) in [6.07, 6.45) is 0.813. The highest BCUT2D eigenvalue weighted by molar-refractivity contribution is 6.30. The molecule has 3 aromatic rings. The third-order valence-corrected chi connectivity index (χ3v) is 5.28. The number of imidazole rings is 1. The van der Waals surface area contributed by atoms with E-state index >= 15 is 0 Å². The first-order valence-corrected chi connectivity index (χ1v) is 9.74. The summed E-state index contributed by atoms with van der Waals surface area (Å²) in [4.78, 5) is 43.0. The molecule has 0 spiro atoms. The minimum Gasteiger partial charge on any atom is -0.465 e. The number of carbonyl (C=O) groups is 1. The highest BCUT2D eigenvalue weighted by Gasteiger charge is 2.33. The summed E-state index contributed by atoms with van der Waals surface area (Å²) in [6.45, 7) is 2.80. The van der Waals surface area contributed by atoms with Crippen molar-refractivity contribution in [2.24, 2.45) is 7.05 Å². The van der Waals surface area contributed by atoms with Gasteiger partial charge in [0.2, 0.25) is 11.2 Å². The molecule has 1 aliphatic rings. The van der Waals surface area contributed by atoms with Gasteiger partial charge in [-0.25, -0.2) is 23.8 Å². The number of nitrogens with zero attached hydrogens (tertiary/aromatic N) is 4. The molecule has 1 aromatic carbocycles. The fourth-order valence-corrected chi connectivity index (χ4v) is 3.81. The van der Waals surface area contributed by atoms with Crippen molar-refractivity contribution in [3.63, 3.8) is 0 Å². The number of aryl methyl sites for hydroxylation is 2. The molecule has 9 nitrogen and oxygen atoms in total. The molecule has 0 radical (unpaired) electrons. The number of rotatable bonds is 4. The molecule has 0 fully saturated rings. The first-order chi connectivity index (χ1) is 13.9. The van der Waals surface area contributed by atoms with Crippen LogP contribution in [0.2, 0.25) is 5.02 Å². The average Bonchev–Trinajstić information content (AvgIpc) is 3.10. The second-order valence-corrected chi connectivity index (χ2v) is 7.25. The van der Waals surface area contributed by atoms with Gasteiger partial charge in [0, 0.05) is 18.5 Å². The van der Waals surface area contributed by atoms with Crippen molar-refractivity contribution in [2.45, 2.75) is 26.4 Å². The van der Waals surface area contributed by atoms with E-state index in [1.807, 2.05) is 21.6 Å². The number of esters is 1. The minimum atomic E-state index is -0.622. The van der Waals surface area contributed by atoms with Crippen molar-refractivity contribution in [2.75, 3.05) is 18.1 Å². The molecular formula is C19H21ClN5O4+.